The molecule has 4 heteroatoms. The SMILES string of the molecule is COC(=O)Cn1cc(C(C)C)ccc1=O. The van der Waals surface area contributed by atoms with Crippen molar-refractivity contribution in [3.8, 4) is 0 Å². The van der Waals surface area contributed by atoms with Crippen LogP contribution in [-0.2, 0) is 16.1 Å². The third-order valence-corrected chi connectivity index (χ3v) is 2.20. The number of hydrogen-bond acceptors (Lipinski definition) is 3. The summed E-state index contributed by atoms with van der Waals surface area (Å²) < 4.78 is 5.87. The van der Waals surface area contributed by atoms with E-state index in [1.165, 1.54) is 17.7 Å². The molecule has 0 aromatic carbocycles. The van der Waals surface area contributed by atoms with Crippen LogP contribution in [0.1, 0.15) is 25.3 Å². The molecule has 0 fully saturated rings. The molecule has 0 aliphatic carbocycles. The lowest BCUT2D eigenvalue weighted by Crippen LogP contribution is -2.24. The van der Waals surface area contributed by atoms with Gasteiger partial charge in [0, 0.05) is 12.3 Å². The number of ether oxygens (including phenoxy) is 1. The third kappa shape index (κ3) is 2.94. The molecule has 0 N–H and O–H groups in total. The van der Waals surface area contributed by atoms with Crippen LogP contribution < -0.4 is 5.56 Å². The molecule has 0 aliphatic rings. The first kappa shape index (κ1) is 11.5. The molecule has 4 nitrogen and oxygen atoms in total. The van der Waals surface area contributed by atoms with Gasteiger partial charge in [-0.25, -0.2) is 0 Å². The Hall–Kier alpha value is -1.58. The van der Waals surface area contributed by atoms with Crippen LogP contribution in [0.25, 0.3) is 0 Å². The van der Waals surface area contributed by atoms with E-state index in [1.807, 2.05) is 13.8 Å². The van der Waals surface area contributed by atoms with Crippen LogP contribution in [0.3, 0.4) is 0 Å². The van der Waals surface area contributed by atoms with Crippen molar-refractivity contribution in [3.63, 3.8) is 0 Å². The Morgan fingerprint density at radius 3 is 2.67 bits per heavy atom. The summed E-state index contributed by atoms with van der Waals surface area (Å²) in [5.74, 6) is -0.0903. The van der Waals surface area contributed by atoms with Crippen LogP contribution in [0.15, 0.2) is 23.1 Å². The van der Waals surface area contributed by atoms with Crippen LogP contribution in [0.4, 0.5) is 0 Å². The van der Waals surface area contributed by atoms with Gasteiger partial charge in [-0.3, -0.25) is 9.59 Å². The smallest absolute Gasteiger partial charge is 0.325 e. The average molecular weight is 209 g/mol. The van der Waals surface area contributed by atoms with Crippen molar-refractivity contribution in [1.82, 2.24) is 4.57 Å². The fourth-order valence-electron chi connectivity index (χ4n) is 1.22. The first-order chi connectivity index (χ1) is 7.04. The maximum absolute atomic E-state index is 11.4. The summed E-state index contributed by atoms with van der Waals surface area (Å²) in [5, 5.41) is 0. The number of pyridine rings is 1. The fraction of sp³-hybridized carbons (Fsp3) is 0.455. The molecular weight excluding hydrogens is 194 g/mol. The van der Waals surface area contributed by atoms with Crippen molar-refractivity contribution in [3.05, 3.63) is 34.2 Å². The number of rotatable bonds is 3. The number of hydrogen-bond donors (Lipinski definition) is 0. The fourth-order valence-corrected chi connectivity index (χ4v) is 1.22. The Morgan fingerprint density at radius 2 is 2.13 bits per heavy atom. The molecule has 1 heterocycles. The summed E-state index contributed by atoms with van der Waals surface area (Å²) in [6.07, 6.45) is 1.70. The number of methoxy groups -OCH3 is 1. The molecule has 0 spiro atoms. The number of carbonyl (C=O) groups is 1. The molecule has 0 unspecified atom stereocenters. The van der Waals surface area contributed by atoms with E-state index < -0.39 is 5.97 Å². The summed E-state index contributed by atoms with van der Waals surface area (Å²) in [4.78, 5) is 22.4. The van der Waals surface area contributed by atoms with E-state index in [-0.39, 0.29) is 12.1 Å². The topological polar surface area (TPSA) is 48.3 Å². The first-order valence-corrected chi connectivity index (χ1v) is 4.81. The standard InChI is InChI=1S/C11H15NO3/c1-8(2)9-4-5-10(13)12(6-9)7-11(14)15-3/h4-6,8H,7H2,1-3H3. The molecule has 0 aliphatic heterocycles. The molecule has 0 bridgehead atoms. The zero-order valence-electron chi connectivity index (χ0n) is 9.19. The largest absolute Gasteiger partial charge is 0.468 e. The molecular formula is C11H15NO3. The minimum Gasteiger partial charge on any atom is -0.468 e. The van der Waals surface area contributed by atoms with Crippen molar-refractivity contribution in [2.45, 2.75) is 26.3 Å². The van der Waals surface area contributed by atoms with Crippen molar-refractivity contribution in [2.24, 2.45) is 0 Å². The highest BCUT2D eigenvalue weighted by molar-refractivity contribution is 5.68. The van der Waals surface area contributed by atoms with E-state index in [9.17, 15) is 9.59 Å². The summed E-state index contributed by atoms with van der Waals surface area (Å²) in [6, 6.07) is 3.25. The predicted octanol–water partition coefficient (Wildman–Crippen LogP) is 1.14. The van der Waals surface area contributed by atoms with Crippen molar-refractivity contribution in [2.75, 3.05) is 7.11 Å². The quantitative estimate of drug-likeness (QED) is 0.701. The highest BCUT2D eigenvalue weighted by Crippen LogP contribution is 2.11. The highest BCUT2D eigenvalue weighted by Gasteiger charge is 2.06. The number of aromatic nitrogens is 1. The van der Waals surface area contributed by atoms with Gasteiger partial charge in [0.1, 0.15) is 6.54 Å². The van der Waals surface area contributed by atoms with Gasteiger partial charge >= 0.3 is 5.97 Å². The number of esters is 1. The van der Waals surface area contributed by atoms with Gasteiger partial charge in [0.05, 0.1) is 7.11 Å². The second kappa shape index (κ2) is 4.77. The van der Waals surface area contributed by atoms with Crippen molar-refractivity contribution >= 4 is 5.97 Å². The summed E-state index contributed by atoms with van der Waals surface area (Å²) >= 11 is 0. The average Bonchev–Trinajstić information content (AvgIpc) is 2.20. The molecule has 0 amide bonds. The van der Waals surface area contributed by atoms with Gasteiger partial charge in [-0.15, -0.1) is 0 Å². The Bertz CT molecular complexity index is 407. The Labute approximate surface area is 88.5 Å². The molecule has 0 atom stereocenters. The van der Waals surface area contributed by atoms with E-state index in [4.69, 9.17) is 0 Å². The second-order valence-corrected chi connectivity index (χ2v) is 3.66. The minimum absolute atomic E-state index is 0.0319. The first-order valence-electron chi connectivity index (χ1n) is 4.81. The van der Waals surface area contributed by atoms with Gasteiger partial charge in [0.15, 0.2) is 0 Å². The van der Waals surface area contributed by atoms with E-state index in [1.54, 1.807) is 12.3 Å². The highest BCUT2D eigenvalue weighted by atomic mass is 16.5. The predicted molar refractivity (Wildman–Crippen MR) is 56.8 cm³/mol. The Kier molecular flexibility index (Phi) is 3.66. The summed E-state index contributed by atoms with van der Waals surface area (Å²) in [5.41, 5.74) is 0.836. The number of nitrogens with zero attached hydrogens (tertiary/aromatic N) is 1. The van der Waals surface area contributed by atoms with E-state index in [2.05, 4.69) is 4.74 Å². The van der Waals surface area contributed by atoms with Crippen LogP contribution in [0, 0.1) is 0 Å². The molecule has 1 rings (SSSR count). The summed E-state index contributed by atoms with van der Waals surface area (Å²) in [6.45, 7) is 4.03. The van der Waals surface area contributed by atoms with Crippen molar-refractivity contribution < 1.29 is 9.53 Å². The molecule has 1 aromatic rings. The maximum atomic E-state index is 11.4. The van der Waals surface area contributed by atoms with Gasteiger partial charge < -0.3 is 9.30 Å². The molecule has 0 saturated heterocycles. The third-order valence-electron chi connectivity index (χ3n) is 2.20. The maximum Gasteiger partial charge on any atom is 0.325 e. The van der Waals surface area contributed by atoms with Gasteiger partial charge in [-0.2, -0.15) is 0 Å². The lowest BCUT2D eigenvalue weighted by Gasteiger charge is -2.09. The van der Waals surface area contributed by atoms with Crippen LogP contribution in [0.2, 0.25) is 0 Å². The molecule has 1 aromatic heterocycles. The van der Waals surface area contributed by atoms with Gasteiger partial charge in [0.25, 0.3) is 5.56 Å². The molecule has 15 heavy (non-hydrogen) atoms. The van der Waals surface area contributed by atoms with Gasteiger partial charge in [-0.1, -0.05) is 19.9 Å². The zero-order chi connectivity index (χ0) is 11.4. The molecule has 0 saturated carbocycles. The number of carbonyl (C=O) groups excluding carboxylic acids is 1. The molecule has 0 radical (unpaired) electrons. The van der Waals surface area contributed by atoms with Crippen LogP contribution >= 0.6 is 0 Å². The Morgan fingerprint density at radius 1 is 1.47 bits per heavy atom. The van der Waals surface area contributed by atoms with E-state index in [0.29, 0.717) is 5.92 Å². The van der Waals surface area contributed by atoms with Crippen LogP contribution in [0.5, 0.6) is 0 Å². The van der Waals surface area contributed by atoms with Gasteiger partial charge in [0.2, 0.25) is 0 Å². The lowest BCUT2D eigenvalue weighted by molar-refractivity contribution is -0.141. The second-order valence-electron chi connectivity index (χ2n) is 3.66. The normalized spacial score (nSPS) is 10.4. The lowest BCUT2D eigenvalue weighted by atomic mass is 10.1. The Balaban J connectivity index is 3.00. The van der Waals surface area contributed by atoms with E-state index >= 15 is 0 Å². The minimum atomic E-state index is -0.419. The summed E-state index contributed by atoms with van der Waals surface area (Å²) in [7, 11) is 1.31. The molecule has 82 valence electrons. The zero-order valence-corrected chi connectivity index (χ0v) is 9.19. The van der Waals surface area contributed by atoms with E-state index in [0.717, 1.165) is 5.56 Å². The van der Waals surface area contributed by atoms with Gasteiger partial charge in [-0.05, 0) is 11.5 Å². The van der Waals surface area contributed by atoms with Crippen molar-refractivity contribution in [1.29, 1.82) is 0 Å². The van der Waals surface area contributed by atoms with Crippen LogP contribution in [-0.4, -0.2) is 17.6 Å². The monoisotopic (exact) mass is 209 g/mol.